The molecule has 1 heterocycles. The van der Waals surface area contributed by atoms with Crippen LogP contribution in [-0.4, -0.2) is 26.5 Å². The van der Waals surface area contributed by atoms with Gasteiger partial charge >= 0.3 is 0 Å². The molecule has 1 aliphatic heterocycles. The molecule has 0 atom stereocenters. The molecule has 122 valence electrons. The largest absolute Gasteiger partial charge is 0.531 e. The van der Waals surface area contributed by atoms with Gasteiger partial charge in [-0.15, -0.1) is 0 Å². The highest BCUT2D eigenvalue weighted by molar-refractivity contribution is 6.73. The van der Waals surface area contributed by atoms with Crippen LogP contribution in [0.5, 0.6) is 0 Å². The number of hydroxylamine groups is 2. The number of benzene rings is 1. The van der Waals surface area contributed by atoms with Crippen LogP contribution in [-0.2, 0) is 15.7 Å². The van der Waals surface area contributed by atoms with Gasteiger partial charge in [0.25, 0.3) is 8.32 Å². The fraction of sp³-hybridized carbons (Fsp3) is 0.556. The van der Waals surface area contributed by atoms with Crippen LogP contribution >= 0.6 is 0 Å². The Kier molecular flexibility index (Phi) is 6.52. The molecule has 0 radical (unpaired) electrons. The summed E-state index contributed by atoms with van der Waals surface area (Å²) in [5.41, 5.74) is 1.31. The first-order valence-electron chi connectivity index (χ1n) is 8.56. The van der Waals surface area contributed by atoms with Crippen molar-refractivity contribution in [3.63, 3.8) is 0 Å². The quantitative estimate of drug-likeness (QED) is 0.511. The molecule has 1 aliphatic rings. The lowest BCUT2D eigenvalue weighted by Crippen LogP contribution is -2.38. The van der Waals surface area contributed by atoms with Crippen LogP contribution in [0.15, 0.2) is 42.3 Å². The van der Waals surface area contributed by atoms with E-state index in [0.29, 0.717) is 0 Å². The first kappa shape index (κ1) is 17.1. The van der Waals surface area contributed by atoms with Crippen molar-refractivity contribution >= 4 is 8.32 Å². The lowest BCUT2D eigenvalue weighted by atomic mass is 10.1. The minimum absolute atomic E-state index is 0.797. The van der Waals surface area contributed by atoms with E-state index in [4.69, 9.17) is 9.26 Å². The van der Waals surface area contributed by atoms with Crippen molar-refractivity contribution < 1.29 is 9.26 Å². The summed E-state index contributed by atoms with van der Waals surface area (Å²) >= 11 is 0. The summed E-state index contributed by atoms with van der Waals surface area (Å²) in [6.07, 6.45) is 4.16. The van der Waals surface area contributed by atoms with Crippen LogP contribution in [0.1, 0.15) is 32.8 Å². The van der Waals surface area contributed by atoms with Gasteiger partial charge in [0.05, 0.1) is 13.2 Å². The van der Waals surface area contributed by atoms with Crippen LogP contribution in [0.3, 0.4) is 0 Å². The van der Waals surface area contributed by atoms with Gasteiger partial charge in [-0.2, -0.15) is 0 Å². The topological polar surface area (TPSA) is 21.7 Å². The third-order valence-electron chi connectivity index (χ3n) is 4.61. The Balaban J connectivity index is 2.15. The van der Waals surface area contributed by atoms with Gasteiger partial charge in [-0.3, -0.25) is 4.84 Å². The SMILES string of the molecule is CC[Si](CC)(CC)O/C(=C/Cc1ccccc1)N1CCCO1. The molecule has 1 aromatic rings. The summed E-state index contributed by atoms with van der Waals surface area (Å²) in [6.45, 7) is 8.52. The monoisotopic (exact) mass is 319 g/mol. The van der Waals surface area contributed by atoms with Gasteiger partial charge in [-0.25, -0.2) is 5.06 Å². The minimum Gasteiger partial charge on any atom is -0.531 e. The molecule has 0 bridgehead atoms. The zero-order chi connectivity index (χ0) is 15.8. The Hall–Kier alpha value is -1.26. The molecule has 1 aromatic carbocycles. The smallest absolute Gasteiger partial charge is 0.252 e. The Morgan fingerprint density at radius 3 is 2.41 bits per heavy atom. The Bertz CT molecular complexity index is 457. The molecule has 0 spiro atoms. The Morgan fingerprint density at radius 2 is 1.86 bits per heavy atom. The maximum absolute atomic E-state index is 6.59. The molecule has 1 saturated heterocycles. The summed E-state index contributed by atoms with van der Waals surface area (Å²) in [5, 5.41) is 1.96. The number of nitrogens with zero attached hydrogens (tertiary/aromatic N) is 1. The van der Waals surface area contributed by atoms with Crippen LogP contribution in [0.4, 0.5) is 0 Å². The summed E-state index contributed by atoms with van der Waals surface area (Å²) in [6, 6.07) is 14.0. The normalized spacial score (nSPS) is 16.1. The first-order chi connectivity index (χ1) is 10.7. The summed E-state index contributed by atoms with van der Waals surface area (Å²) in [5.74, 6) is 0.943. The predicted molar refractivity (Wildman–Crippen MR) is 93.8 cm³/mol. The van der Waals surface area contributed by atoms with E-state index in [-0.39, 0.29) is 0 Å². The first-order valence-corrected chi connectivity index (χ1v) is 11.1. The molecule has 3 nitrogen and oxygen atoms in total. The second-order valence-corrected chi connectivity index (χ2v) is 10.6. The van der Waals surface area contributed by atoms with Crippen LogP contribution in [0.2, 0.25) is 18.1 Å². The van der Waals surface area contributed by atoms with Crippen LogP contribution < -0.4 is 0 Å². The number of hydrogen-bond acceptors (Lipinski definition) is 3. The molecule has 0 aliphatic carbocycles. The average molecular weight is 320 g/mol. The molecule has 0 saturated carbocycles. The summed E-state index contributed by atoms with van der Waals surface area (Å²) < 4.78 is 6.59. The standard InChI is InChI=1S/C18H29NO2Si/c1-4-22(5-2,6-3)21-18(19-15-10-16-20-19)14-13-17-11-8-7-9-12-17/h7-9,11-12,14H,4-6,10,13,15-16H2,1-3H3/b18-14+. The fourth-order valence-corrected chi connectivity index (χ4v) is 5.39. The molecule has 0 unspecified atom stereocenters. The molecular weight excluding hydrogens is 290 g/mol. The molecule has 4 heteroatoms. The van der Waals surface area contributed by atoms with Crippen molar-refractivity contribution in [1.29, 1.82) is 0 Å². The maximum atomic E-state index is 6.59. The lowest BCUT2D eigenvalue weighted by molar-refractivity contribution is -0.107. The third-order valence-corrected chi connectivity index (χ3v) is 9.12. The molecule has 0 N–H and O–H groups in total. The minimum atomic E-state index is -1.68. The second kappa shape index (κ2) is 8.39. The van der Waals surface area contributed by atoms with Crippen molar-refractivity contribution in [2.24, 2.45) is 0 Å². The van der Waals surface area contributed by atoms with Gasteiger partial charge in [0.2, 0.25) is 0 Å². The Labute approximate surface area is 136 Å². The molecule has 1 fully saturated rings. The predicted octanol–water partition coefficient (Wildman–Crippen LogP) is 4.73. The number of rotatable bonds is 8. The fourth-order valence-electron chi connectivity index (χ4n) is 2.82. The van der Waals surface area contributed by atoms with Crippen molar-refractivity contribution in [2.75, 3.05) is 13.2 Å². The molecule has 2 rings (SSSR count). The molecule has 0 amide bonds. The van der Waals surface area contributed by atoms with E-state index in [1.807, 2.05) is 5.06 Å². The van der Waals surface area contributed by atoms with Crippen LogP contribution in [0.25, 0.3) is 0 Å². The van der Waals surface area contributed by atoms with Gasteiger partial charge in [0.15, 0.2) is 5.88 Å². The summed E-state index contributed by atoms with van der Waals surface area (Å²) in [7, 11) is -1.68. The van der Waals surface area contributed by atoms with E-state index in [9.17, 15) is 0 Å². The van der Waals surface area contributed by atoms with E-state index < -0.39 is 8.32 Å². The zero-order valence-corrected chi connectivity index (χ0v) is 15.2. The maximum Gasteiger partial charge on any atom is 0.252 e. The van der Waals surface area contributed by atoms with Crippen molar-refractivity contribution in [1.82, 2.24) is 5.06 Å². The molecule has 0 aromatic heterocycles. The highest BCUT2D eigenvalue weighted by atomic mass is 28.4. The second-order valence-electron chi connectivity index (χ2n) is 5.87. The highest BCUT2D eigenvalue weighted by Crippen LogP contribution is 2.27. The third kappa shape index (κ3) is 4.37. The van der Waals surface area contributed by atoms with Gasteiger partial charge in [-0.1, -0.05) is 51.1 Å². The highest BCUT2D eigenvalue weighted by Gasteiger charge is 2.33. The Morgan fingerprint density at radius 1 is 1.18 bits per heavy atom. The van der Waals surface area contributed by atoms with Crippen molar-refractivity contribution in [3.05, 3.63) is 47.9 Å². The van der Waals surface area contributed by atoms with E-state index in [1.54, 1.807) is 0 Å². The van der Waals surface area contributed by atoms with E-state index in [2.05, 4.69) is 57.2 Å². The zero-order valence-electron chi connectivity index (χ0n) is 14.2. The van der Waals surface area contributed by atoms with Crippen molar-refractivity contribution in [3.8, 4) is 0 Å². The number of hydrogen-bond donors (Lipinski definition) is 0. The molecular formula is C18H29NO2Si. The van der Waals surface area contributed by atoms with E-state index in [1.165, 1.54) is 5.56 Å². The van der Waals surface area contributed by atoms with E-state index in [0.717, 1.165) is 50.0 Å². The van der Waals surface area contributed by atoms with E-state index >= 15 is 0 Å². The summed E-state index contributed by atoms with van der Waals surface area (Å²) in [4.78, 5) is 5.75. The van der Waals surface area contributed by atoms with Crippen molar-refractivity contribution in [2.45, 2.75) is 51.7 Å². The van der Waals surface area contributed by atoms with Gasteiger partial charge < -0.3 is 4.43 Å². The van der Waals surface area contributed by atoms with Gasteiger partial charge in [-0.05, 0) is 42.6 Å². The lowest BCUT2D eigenvalue weighted by Gasteiger charge is -2.33. The van der Waals surface area contributed by atoms with Gasteiger partial charge in [0.1, 0.15) is 0 Å². The molecule has 22 heavy (non-hydrogen) atoms. The van der Waals surface area contributed by atoms with Gasteiger partial charge in [0, 0.05) is 0 Å². The number of allylic oxidation sites excluding steroid dienone is 1. The van der Waals surface area contributed by atoms with Crippen LogP contribution in [0, 0.1) is 0 Å². The average Bonchev–Trinajstić information content (AvgIpc) is 3.11.